The molecule has 0 unspecified atom stereocenters. The lowest BCUT2D eigenvalue weighted by molar-refractivity contribution is -0.123. The molecule has 0 spiro atoms. The van der Waals surface area contributed by atoms with Crippen molar-refractivity contribution < 1.29 is 4.79 Å². The summed E-state index contributed by atoms with van der Waals surface area (Å²) in [5, 5.41) is 2.88. The molecule has 4 heteroatoms. The van der Waals surface area contributed by atoms with Crippen molar-refractivity contribution in [3.05, 3.63) is 0 Å². The lowest BCUT2D eigenvalue weighted by Gasteiger charge is -2.21. The molecule has 0 saturated heterocycles. The van der Waals surface area contributed by atoms with Crippen molar-refractivity contribution in [1.82, 2.24) is 10.2 Å². The van der Waals surface area contributed by atoms with Gasteiger partial charge in [-0.25, -0.2) is 0 Å². The third kappa shape index (κ3) is 6.08. The molecule has 0 saturated carbocycles. The molecule has 4 nitrogen and oxygen atoms in total. The van der Waals surface area contributed by atoms with Crippen LogP contribution in [0.15, 0.2) is 0 Å². The lowest BCUT2D eigenvalue weighted by atomic mass is 10.1. The van der Waals surface area contributed by atoms with Crippen molar-refractivity contribution in [2.24, 2.45) is 11.7 Å². The van der Waals surface area contributed by atoms with Gasteiger partial charge in [0.25, 0.3) is 0 Å². The zero-order chi connectivity index (χ0) is 12.6. The molecule has 0 aliphatic rings. The molecule has 1 amide bonds. The largest absolute Gasteiger partial charge is 0.353 e. The molecule has 0 aromatic rings. The van der Waals surface area contributed by atoms with Crippen LogP contribution < -0.4 is 11.1 Å². The highest BCUT2D eigenvalue weighted by molar-refractivity contribution is 5.81. The molecule has 16 heavy (non-hydrogen) atoms. The Kier molecular flexibility index (Phi) is 8.21. The Hall–Kier alpha value is -0.610. The zero-order valence-electron chi connectivity index (χ0n) is 11.1. The monoisotopic (exact) mass is 229 g/mol. The van der Waals surface area contributed by atoms with Gasteiger partial charge >= 0.3 is 0 Å². The van der Waals surface area contributed by atoms with Gasteiger partial charge in [0.2, 0.25) is 5.91 Å². The molecule has 0 heterocycles. The molecule has 96 valence electrons. The van der Waals surface area contributed by atoms with Gasteiger partial charge in [0.05, 0.1) is 6.04 Å². The van der Waals surface area contributed by atoms with Crippen molar-refractivity contribution in [2.45, 2.75) is 40.2 Å². The van der Waals surface area contributed by atoms with Gasteiger partial charge in [0.1, 0.15) is 0 Å². The van der Waals surface area contributed by atoms with Crippen molar-refractivity contribution in [1.29, 1.82) is 0 Å². The van der Waals surface area contributed by atoms with Gasteiger partial charge in [0, 0.05) is 13.1 Å². The zero-order valence-corrected chi connectivity index (χ0v) is 11.1. The normalized spacial score (nSPS) is 13.2. The Bertz CT molecular complexity index is 195. The van der Waals surface area contributed by atoms with Crippen LogP contribution in [0.5, 0.6) is 0 Å². The van der Waals surface area contributed by atoms with E-state index in [1.165, 1.54) is 0 Å². The minimum Gasteiger partial charge on any atom is -0.353 e. The molecule has 1 atom stereocenters. The van der Waals surface area contributed by atoms with E-state index in [2.05, 4.69) is 24.1 Å². The van der Waals surface area contributed by atoms with E-state index in [1.54, 1.807) is 0 Å². The second kappa shape index (κ2) is 8.53. The first kappa shape index (κ1) is 15.4. The quantitative estimate of drug-likeness (QED) is 0.648. The minimum absolute atomic E-state index is 0.0393. The number of carbonyl (C=O) groups is 1. The first-order valence-electron chi connectivity index (χ1n) is 6.28. The van der Waals surface area contributed by atoms with Gasteiger partial charge in [-0.1, -0.05) is 27.7 Å². The fourth-order valence-corrected chi connectivity index (χ4v) is 1.50. The first-order chi connectivity index (χ1) is 7.52. The highest BCUT2D eigenvalue weighted by Gasteiger charge is 2.16. The van der Waals surface area contributed by atoms with Gasteiger partial charge in [-0.15, -0.1) is 0 Å². The van der Waals surface area contributed by atoms with E-state index in [0.29, 0.717) is 6.54 Å². The fourth-order valence-electron chi connectivity index (χ4n) is 1.50. The van der Waals surface area contributed by atoms with Crippen molar-refractivity contribution in [3.8, 4) is 0 Å². The van der Waals surface area contributed by atoms with Crippen LogP contribution in [-0.4, -0.2) is 43.0 Å². The number of rotatable bonds is 8. The third-order valence-corrected chi connectivity index (χ3v) is 2.74. The maximum Gasteiger partial charge on any atom is 0.237 e. The summed E-state index contributed by atoms with van der Waals surface area (Å²) in [4.78, 5) is 13.9. The number of hydrogen-bond acceptors (Lipinski definition) is 3. The fraction of sp³-hybridized carbons (Fsp3) is 0.917. The number of amides is 1. The van der Waals surface area contributed by atoms with Crippen LogP contribution in [-0.2, 0) is 4.79 Å². The minimum atomic E-state index is -0.388. The molecule has 0 aliphatic carbocycles. The summed E-state index contributed by atoms with van der Waals surface area (Å²) in [6.45, 7) is 11.9. The van der Waals surface area contributed by atoms with Gasteiger partial charge in [0.15, 0.2) is 0 Å². The summed E-state index contributed by atoms with van der Waals surface area (Å²) in [5.74, 6) is 0.153. The van der Waals surface area contributed by atoms with Crippen LogP contribution in [0.1, 0.15) is 34.1 Å². The second-order valence-corrected chi connectivity index (χ2v) is 4.50. The van der Waals surface area contributed by atoms with Crippen molar-refractivity contribution >= 4 is 5.91 Å². The standard InChI is InChI=1S/C12H27N3O/c1-5-8-15(6-2)9-7-14-12(16)11(13)10(3)4/h10-11H,5-9,13H2,1-4H3,(H,14,16)/t11-/m0/s1. The van der Waals surface area contributed by atoms with E-state index in [9.17, 15) is 4.79 Å². The predicted molar refractivity (Wildman–Crippen MR) is 68.2 cm³/mol. The molecular formula is C12H27N3O. The maximum atomic E-state index is 11.6. The van der Waals surface area contributed by atoms with Crippen LogP contribution in [0.25, 0.3) is 0 Å². The van der Waals surface area contributed by atoms with Crippen LogP contribution in [0.2, 0.25) is 0 Å². The molecule has 0 fully saturated rings. The third-order valence-electron chi connectivity index (χ3n) is 2.74. The Balaban J connectivity index is 3.75. The first-order valence-corrected chi connectivity index (χ1v) is 6.28. The molecular weight excluding hydrogens is 202 g/mol. The molecule has 0 rings (SSSR count). The average molecular weight is 229 g/mol. The van der Waals surface area contributed by atoms with E-state index in [1.807, 2.05) is 13.8 Å². The van der Waals surface area contributed by atoms with E-state index in [0.717, 1.165) is 26.1 Å². The topological polar surface area (TPSA) is 58.4 Å². The second-order valence-electron chi connectivity index (χ2n) is 4.50. The number of nitrogens with zero attached hydrogens (tertiary/aromatic N) is 1. The lowest BCUT2D eigenvalue weighted by Crippen LogP contribution is -2.46. The summed E-state index contributed by atoms with van der Waals surface area (Å²) in [6.07, 6.45) is 1.15. The number of nitrogens with two attached hydrogens (primary N) is 1. The van der Waals surface area contributed by atoms with E-state index < -0.39 is 0 Å². The Morgan fingerprint density at radius 1 is 1.31 bits per heavy atom. The highest BCUT2D eigenvalue weighted by Crippen LogP contribution is 1.97. The van der Waals surface area contributed by atoms with Crippen LogP contribution >= 0.6 is 0 Å². The number of hydrogen-bond donors (Lipinski definition) is 2. The Morgan fingerprint density at radius 3 is 2.38 bits per heavy atom. The van der Waals surface area contributed by atoms with E-state index in [-0.39, 0.29) is 17.9 Å². The van der Waals surface area contributed by atoms with Crippen LogP contribution in [0.4, 0.5) is 0 Å². The van der Waals surface area contributed by atoms with Gasteiger partial charge in [-0.2, -0.15) is 0 Å². The van der Waals surface area contributed by atoms with E-state index in [4.69, 9.17) is 5.73 Å². The Morgan fingerprint density at radius 2 is 1.94 bits per heavy atom. The summed E-state index contributed by atoms with van der Waals surface area (Å²) in [6, 6.07) is -0.388. The highest BCUT2D eigenvalue weighted by atomic mass is 16.2. The van der Waals surface area contributed by atoms with Crippen LogP contribution in [0.3, 0.4) is 0 Å². The molecule has 0 aromatic heterocycles. The van der Waals surface area contributed by atoms with Crippen LogP contribution in [0, 0.1) is 5.92 Å². The summed E-state index contributed by atoms with van der Waals surface area (Å²) >= 11 is 0. The number of nitrogens with one attached hydrogen (secondary N) is 1. The van der Waals surface area contributed by atoms with Gasteiger partial charge in [-0.05, 0) is 25.4 Å². The van der Waals surface area contributed by atoms with Gasteiger partial charge < -0.3 is 16.0 Å². The molecule has 0 aromatic carbocycles. The summed E-state index contributed by atoms with van der Waals surface area (Å²) in [7, 11) is 0. The van der Waals surface area contributed by atoms with Crippen molar-refractivity contribution in [2.75, 3.05) is 26.2 Å². The number of carbonyl (C=O) groups excluding carboxylic acids is 1. The molecule has 0 aliphatic heterocycles. The maximum absolute atomic E-state index is 11.6. The smallest absolute Gasteiger partial charge is 0.237 e. The SMILES string of the molecule is CCCN(CC)CCNC(=O)[C@@H](N)C(C)C. The van der Waals surface area contributed by atoms with Gasteiger partial charge in [-0.3, -0.25) is 4.79 Å². The Labute approximate surface area is 99.6 Å². The number of likely N-dealkylation sites (N-methyl/N-ethyl adjacent to an activating group) is 1. The predicted octanol–water partition coefficient (Wildman–Crippen LogP) is 0.818. The summed E-state index contributed by atoms with van der Waals surface area (Å²) in [5.41, 5.74) is 5.74. The molecule has 3 N–H and O–H groups in total. The molecule has 0 radical (unpaired) electrons. The van der Waals surface area contributed by atoms with Crippen molar-refractivity contribution in [3.63, 3.8) is 0 Å². The summed E-state index contributed by atoms with van der Waals surface area (Å²) < 4.78 is 0. The average Bonchev–Trinajstić information content (AvgIpc) is 2.26. The molecule has 0 bridgehead atoms. The van der Waals surface area contributed by atoms with E-state index >= 15 is 0 Å².